The van der Waals surface area contributed by atoms with E-state index in [1.54, 1.807) is 6.07 Å². The van der Waals surface area contributed by atoms with Gasteiger partial charge < -0.3 is 15.2 Å². The maximum absolute atomic E-state index is 13.4. The molecule has 0 radical (unpaired) electrons. The second-order valence-electron chi connectivity index (χ2n) is 9.72. The Balaban J connectivity index is 1.49. The van der Waals surface area contributed by atoms with Gasteiger partial charge in [-0.3, -0.25) is 9.59 Å². The number of H-pyrrole nitrogens is 1. The highest BCUT2D eigenvalue weighted by molar-refractivity contribution is 6.31. The number of anilines is 1. The predicted molar refractivity (Wildman–Crippen MR) is 140 cm³/mol. The van der Waals surface area contributed by atoms with E-state index in [9.17, 15) is 9.59 Å². The van der Waals surface area contributed by atoms with Crippen LogP contribution in [0.15, 0.2) is 53.3 Å². The number of benzene rings is 2. The van der Waals surface area contributed by atoms with Gasteiger partial charge in [-0.2, -0.15) is 0 Å². The van der Waals surface area contributed by atoms with E-state index in [0.717, 1.165) is 54.3 Å². The lowest BCUT2D eigenvalue weighted by atomic mass is 9.93. The fourth-order valence-corrected chi connectivity index (χ4v) is 5.76. The Labute approximate surface area is 205 Å². The number of halogens is 1. The molecule has 5 nitrogen and oxygen atoms in total. The first-order chi connectivity index (χ1) is 16.6. The van der Waals surface area contributed by atoms with Gasteiger partial charge in [-0.05, 0) is 49.4 Å². The topological polar surface area (TPSA) is 65.2 Å². The molecule has 34 heavy (non-hydrogen) atoms. The molecule has 1 amide bonds. The van der Waals surface area contributed by atoms with E-state index >= 15 is 0 Å². The lowest BCUT2D eigenvalue weighted by Gasteiger charge is -2.35. The zero-order chi connectivity index (χ0) is 23.5. The van der Waals surface area contributed by atoms with E-state index in [2.05, 4.69) is 15.2 Å². The van der Waals surface area contributed by atoms with Crippen LogP contribution in [-0.2, 0) is 4.79 Å². The number of hydrogen-bond donors (Lipinski definition) is 2. The highest BCUT2D eigenvalue weighted by Gasteiger charge is 2.30. The van der Waals surface area contributed by atoms with Gasteiger partial charge in [0.15, 0.2) is 0 Å². The van der Waals surface area contributed by atoms with Crippen LogP contribution in [0.3, 0.4) is 0 Å². The van der Waals surface area contributed by atoms with Crippen LogP contribution in [0.5, 0.6) is 0 Å². The van der Waals surface area contributed by atoms with Crippen molar-refractivity contribution in [2.45, 2.75) is 57.4 Å². The first kappa shape index (κ1) is 23.0. The third-order valence-corrected chi connectivity index (χ3v) is 7.56. The number of hydrogen-bond acceptors (Lipinski definition) is 3. The summed E-state index contributed by atoms with van der Waals surface area (Å²) in [5.74, 6) is 0.0215. The van der Waals surface area contributed by atoms with Crippen molar-refractivity contribution in [3.8, 4) is 11.1 Å². The average molecular weight is 478 g/mol. The molecular formula is C28H32ClN3O2. The molecule has 1 saturated carbocycles. The number of aromatic amines is 1. The molecule has 1 aliphatic heterocycles. The molecule has 1 aliphatic carbocycles. The number of pyridine rings is 1. The normalized spacial score (nSPS) is 19.7. The van der Waals surface area contributed by atoms with Crippen LogP contribution < -0.4 is 15.8 Å². The number of nitrogens with one attached hydrogen (secondary N) is 2. The summed E-state index contributed by atoms with van der Waals surface area (Å²) in [5.41, 5.74) is 3.12. The summed E-state index contributed by atoms with van der Waals surface area (Å²) < 4.78 is 0. The summed E-state index contributed by atoms with van der Waals surface area (Å²) >= 11 is 6.37. The van der Waals surface area contributed by atoms with Crippen molar-refractivity contribution >= 4 is 34.1 Å². The van der Waals surface area contributed by atoms with Crippen molar-refractivity contribution in [1.29, 1.82) is 0 Å². The van der Waals surface area contributed by atoms with Gasteiger partial charge in [-0.25, -0.2) is 0 Å². The Morgan fingerprint density at radius 1 is 0.971 bits per heavy atom. The fourth-order valence-electron chi connectivity index (χ4n) is 5.59. The van der Waals surface area contributed by atoms with Crippen molar-refractivity contribution < 1.29 is 4.79 Å². The predicted octanol–water partition coefficient (Wildman–Crippen LogP) is 5.90. The Bertz CT molecular complexity index is 1220. The van der Waals surface area contributed by atoms with Crippen LogP contribution in [0.2, 0.25) is 5.02 Å². The second kappa shape index (κ2) is 10.2. The Hall–Kier alpha value is -2.79. The molecule has 1 saturated heterocycles. The summed E-state index contributed by atoms with van der Waals surface area (Å²) in [6.07, 6.45) is 8.80. The summed E-state index contributed by atoms with van der Waals surface area (Å²) in [6, 6.07) is 15.8. The van der Waals surface area contributed by atoms with E-state index in [-0.39, 0.29) is 23.4 Å². The Morgan fingerprint density at radius 3 is 2.50 bits per heavy atom. The molecule has 2 fully saturated rings. The van der Waals surface area contributed by atoms with Crippen LogP contribution >= 0.6 is 11.6 Å². The zero-order valence-corrected chi connectivity index (χ0v) is 20.2. The van der Waals surface area contributed by atoms with Gasteiger partial charge in [-0.1, -0.05) is 67.6 Å². The number of carbonyl (C=O) groups excluding carboxylic acids is 1. The van der Waals surface area contributed by atoms with E-state index in [1.165, 1.54) is 25.7 Å². The number of amides is 1. The molecule has 5 rings (SSSR count). The maximum atomic E-state index is 13.4. The molecule has 2 N–H and O–H groups in total. The summed E-state index contributed by atoms with van der Waals surface area (Å²) in [6.45, 7) is 1.30. The third-order valence-electron chi connectivity index (χ3n) is 7.32. The van der Waals surface area contributed by atoms with E-state index < -0.39 is 0 Å². The van der Waals surface area contributed by atoms with Crippen molar-refractivity contribution in [2.24, 2.45) is 5.92 Å². The summed E-state index contributed by atoms with van der Waals surface area (Å²) in [5, 5.41) is 4.87. The van der Waals surface area contributed by atoms with Gasteiger partial charge in [0.25, 0.3) is 5.56 Å². The average Bonchev–Trinajstić information content (AvgIpc) is 3.13. The molecule has 2 aliphatic rings. The fraction of sp³-hybridized carbons (Fsp3) is 0.429. The van der Waals surface area contributed by atoms with Crippen LogP contribution in [-0.4, -0.2) is 30.0 Å². The minimum atomic E-state index is -0.126. The molecular weight excluding hydrogens is 446 g/mol. The lowest BCUT2D eigenvalue weighted by molar-refractivity contribution is -0.126. The van der Waals surface area contributed by atoms with Crippen molar-refractivity contribution in [3.63, 3.8) is 0 Å². The standard InChI is InChI=1S/C28H32ClN3O2/c29-21-14-15-24-23(17-21)25(19-9-4-3-5-10-19)26(28(34)31-24)32-16-8-11-20(18-32)27(33)30-22-12-6-1-2-7-13-22/h3-5,9-10,14-15,17,20,22H,1-2,6-8,11-13,16,18H2,(H,30,33)(H,31,34). The van der Waals surface area contributed by atoms with Crippen LogP contribution in [0, 0.1) is 5.92 Å². The largest absolute Gasteiger partial charge is 0.366 e. The van der Waals surface area contributed by atoms with Gasteiger partial charge >= 0.3 is 0 Å². The Morgan fingerprint density at radius 2 is 1.74 bits per heavy atom. The lowest BCUT2D eigenvalue weighted by Crippen LogP contribution is -2.47. The van der Waals surface area contributed by atoms with Crippen molar-refractivity contribution in [3.05, 3.63) is 63.9 Å². The number of nitrogens with zero attached hydrogens (tertiary/aromatic N) is 1. The van der Waals surface area contributed by atoms with Crippen molar-refractivity contribution in [1.82, 2.24) is 10.3 Å². The molecule has 6 heteroatoms. The van der Waals surface area contributed by atoms with E-state index in [0.29, 0.717) is 17.3 Å². The number of aromatic nitrogens is 1. The van der Waals surface area contributed by atoms with Crippen LogP contribution in [0.1, 0.15) is 51.4 Å². The van der Waals surface area contributed by atoms with Crippen LogP contribution in [0.25, 0.3) is 22.0 Å². The monoisotopic (exact) mass is 477 g/mol. The molecule has 178 valence electrons. The summed E-state index contributed by atoms with van der Waals surface area (Å²) in [4.78, 5) is 31.8. The number of fused-ring (bicyclic) bond motifs is 1. The summed E-state index contributed by atoms with van der Waals surface area (Å²) in [7, 11) is 0. The van der Waals surface area contributed by atoms with Gasteiger partial charge in [0.05, 0.1) is 5.92 Å². The van der Waals surface area contributed by atoms with Crippen LogP contribution in [0.4, 0.5) is 5.69 Å². The minimum Gasteiger partial charge on any atom is -0.366 e. The number of carbonyl (C=O) groups is 1. The van der Waals surface area contributed by atoms with Gasteiger partial charge in [0.1, 0.15) is 5.69 Å². The maximum Gasteiger partial charge on any atom is 0.272 e. The van der Waals surface area contributed by atoms with Gasteiger partial charge in [0, 0.05) is 40.6 Å². The molecule has 2 aromatic carbocycles. The van der Waals surface area contributed by atoms with E-state index in [4.69, 9.17) is 11.6 Å². The first-order valence-corrected chi connectivity index (χ1v) is 12.9. The van der Waals surface area contributed by atoms with Gasteiger partial charge in [-0.15, -0.1) is 0 Å². The number of rotatable bonds is 4. The molecule has 1 aromatic heterocycles. The molecule has 3 aromatic rings. The number of piperidine rings is 1. The van der Waals surface area contributed by atoms with Crippen molar-refractivity contribution in [2.75, 3.05) is 18.0 Å². The zero-order valence-electron chi connectivity index (χ0n) is 19.5. The van der Waals surface area contributed by atoms with Gasteiger partial charge in [0.2, 0.25) is 5.91 Å². The molecule has 2 heterocycles. The minimum absolute atomic E-state index is 0.116. The molecule has 1 atom stereocenters. The molecule has 0 bridgehead atoms. The first-order valence-electron chi connectivity index (χ1n) is 12.6. The quantitative estimate of drug-likeness (QED) is 0.459. The second-order valence-corrected chi connectivity index (χ2v) is 10.2. The Kier molecular flexibility index (Phi) is 6.91. The highest BCUT2D eigenvalue weighted by atomic mass is 35.5. The SMILES string of the molecule is O=C(NC1CCCCCC1)C1CCCN(c2c(-c3ccccc3)c3cc(Cl)ccc3[nH]c2=O)C1. The molecule has 0 spiro atoms. The third kappa shape index (κ3) is 4.85. The van der Waals surface area contributed by atoms with E-state index in [1.807, 2.05) is 42.5 Å². The smallest absolute Gasteiger partial charge is 0.272 e. The highest BCUT2D eigenvalue weighted by Crippen LogP contribution is 2.37. The molecule has 1 unspecified atom stereocenters.